The molecular weight excluding hydrogens is 520 g/mol. The van der Waals surface area contributed by atoms with Gasteiger partial charge in [0, 0.05) is 8.95 Å². The molecule has 30 heavy (non-hydrogen) atoms. The summed E-state index contributed by atoms with van der Waals surface area (Å²) >= 11 is 6.72. The molecule has 1 heterocycles. The van der Waals surface area contributed by atoms with Gasteiger partial charge in [0.25, 0.3) is 5.91 Å². The van der Waals surface area contributed by atoms with Crippen LogP contribution in [-0.2, 0) is 14.3 Å². The van der Waals surface area contributed by atoms with Crippen LogP contribution in [0.5, 0.6) is 11.5 Å². The highest BCUT2D eigenvalue weighted by atomic mass is 79.9. The largest absolute Gasteiger partial charge is 0.506 e. The van der Waals surface area contributed by atoms with Crippen molar-refractivity contribution in [1.29, 1.82) is 0 Å². The number of rotatable bonds is 3. The van der Waals surface area contributed by atoms with E-state index in [9.17, 15) is 9.59 Å². The van der Waals surface area contributed by atoms with Crippen LogP contribution in [0.15, 0.2) is 33.2 Å². The molecule has 1 atom stereocenters. The highest BCUT2D eigenvalue weighted by Gasteiger charge is 2.34. The van der Waals surface area contributed by atoms with Crippen LogP contribution < -0.4 is 15.4 Å². The van der Waals surface area contributed by atoms with Crippen molar-refractivity contribution in [3.8, 4) is 11.5 Å². The summed E-state index contributed by atoms with van der Waals surface area (Å²) < 4.78 is 12.2. The zero-order valence-corrected chi connectivity index (χ0v) is 20.3. The van der Waals surface area contributed by atoms with Crippen molar-refractivity contribution >= 4 is 55.1 Å². The number of esters is 1. The molecule has 2 aromatic rings. The van der Waals surface area contributed by atoms with Crippen LogP contribution in [-0.4, -0.2) is 36.2 Å². The number of nitrogen functional groups attached to an aromatic ring is 1. The zero-order valence-electron chi connectivity index (χ0n) is 17.2. The van der Waals surface area contributed by atoms with Gasteiger partial charge in [-0.3, -0.25) is 9.69 Å². The molecule has 1 unspecified atom stereocenters. The van der Waals surface area contributed by atoms with Crippen LogP contribution in [0.2, 0.25) is 0 Å². The fraction of sp³-hybridized carbons (Fsp3) is 0.333. The lowest BCUT2D eigenvalue weighted by Gasteiger charge is -2.33. The number of benzene rings is 2. The molecule has 162 valence electrons. The summed E-state index contributed by atoms with van der Waals surface area (Å²) in [4.78, 5) is 25.4. The molecule has 3 N–H and O–H groups in total. The maximum absolute atomic E-state index is 12.1. The van der Waals surface area contributed by atoms with Gasteiger partial charge in [0.1, 0.15) is 17.5 Å². The second kappa shape index (κ2) is 10.2. The molecule has 0 bridgehead atoms. The van der Waals surface area contributed by atoms with Crippen molar-refractivity contribution < 1.29 is 24.2 Å². The van der Waals surface area contributed by atoms with Gasteiger partial charge in [0.2, 0.25) is 0 Å². The van der Waals surface area contributed by atoms with Gasteiger partial charge in [0.05, 0.1) is 18.0 Å². The van der Waals surface area contributed by atoms with Crippen molar-refractivity contribution in [3.05, 3.63) is 44.3 Å². The van der Waals surface area contributed by atoms with E-state index in [2.05, 4.69) is 31.9 Å². The number of phenols is 1. The molecule has 9 heteroatoms. The van der Waals surface area contributed by atoms with Crippen LogP contribution >= 0.6 is 31.9 Å². The van der Waals surface area contributed by atoms with E-state index in [1.165, 1.54) is 4.90 Å². The quantitative estimate of drug-likeness (QED) is 0.336. The van der Waals surface area contributed by atoms with Crippen molar-refractivity contribution in [2.45, 2.75) is 33.7 Å². The van der Waals surface area contributed by atoms with Crippen LogP contribution in [0.25, 0.3) is 0 Å². The number of nitrogens with zero attached hydrogens (tertiary/aromatic N) is 1. The SMILES string of the molecule is CCOC(=O)C(C)N1C(=O)COc2cc(C)c(Br)cc21.Cc1cc(O)c(N)cc1Br. The Kier molecular flexibility index (Phi) is 8.14. The monoisotopic (exact) mass is 542 g/mol. The number of hydrogen-bond acceptors (Lipinski definition) is 6. The first kappa shape index (κ1) is 24.0. The van der Waals surface area contributed by atoms with Crippen molar-refractivity contribution in [3.63, 3.8) is 0 Å². The van der Waals surface area contributed by atoms with Crippen LogP contribution in [0, 0.1) is 13.8 Å². The molecule has 2 aromatic carbocycles. The number of anilines is 2. The van der Waals surface area contributed by atoms with Crippen molar-refractivity contribution in [1.82, 2.24) is 0 Å². The lowest BCUT2D eigenvalue weighted by atomic mass is 10.1. The van der Waals surface area contributed by atoms with Gasteiger partial charge in [-0.2, -0.15) is 0 Å². The molecule has 3 rings (SSSR count). The minimum atomic E-state index is -0.681. The smallest absolute Gasteiger partial charge is 0.328 e. The third kappa shape index (κ3) is 5.46. The van der Waals surface area contributed by atoms with Gasteiger partial charge in [-0.05, 0) is 63.1 Å². The van der Waals surface area contributed by atoms with Gasteiger partial charge in [-0.15, -0.1) is 0 Å². The minimum absolute atomic E-state index is 0.0716. The lowest BCUT2D eigenvalue weighted by Crippen LogP contribution is -2.48. The Morgan fingerprint density at radius 1 is 1.23 bits per heavy atom. The Labute approximate surface area is 192 Å². The van der Waals surface area contributed by atoms with Crippen LogP contribution in [0.4, 0.5) is 11.4 Å². The number of hydrogen-bond donors (Lipinski definition) is 2. The third-order valence-electron chi connectivity index (χ3n) is 4.44. The fourth-order valence-electron chi connectivity index (χ4n) is 2.77. The maximum atomic E-state index is 12.1. The zero-order chi connectivity index (χ0) is 22.6. The van der Waals surface area contributed by atoms with Gasteiger partial charge in [0.15, 0.2) is 6.61 Å². The first-order valence-corrected chi connectivity index (χ1v) is 10.8. The molecule has 0 saturated heterocycles. The summed E-state index contributed by atoms with van der Waals surface area (Å²) in [6, 6.07) is 6.26. The van der Waals surface area contributed by atoms with Gasteiger partial charge in [-0.1, -0.05) is 31.9 Å². The summed E-state index contributed by atoms with van der Waals surface area (Å²) in [5.41, 5.74) is 8.37. The molecule has 1 amide bonds. The number of aryl methyl sites for hydroxylation is 2. The molecule has 0 spiro atoms. The van der Waals surface area contributed by atoms with Crippen molar-refractivity contribution in [2.75, 3.05) is 23.8 Å². The average molecular weight is 544 g/mol. The molecule has 1 aliphatic rings. The minimum Gasteiger partial charge on any atom is -0.506 e. The molecule has 0 aromatic heterocycles. The number of ether oxygens (including phenoxy) is 2. The molecule has 0 saturated carbocycles. The Balaban J connectivity index is 0.000000269. The molecule has 0 fully saturated rings. The summed E-state index contributed by atoms with van der Waals surface area (Å²) in [5.74, 6) is 0.0568. The van der Waals surface area contributed by atoms with Crippen LogP contribution in [0.1, 0.15) is 25.0 Å². The summed E-state index contributed by atoms with van der Waals surface area (Å²) in [5, 5.41) is 9.08. The van der Waals surface area contributed by atoms with Gasteiger partial charge in [-0.25, -0.2) is 4.79 Å². The Hall–Kier alpha value is -2.26. The van der Waals surface area contributed by atoms with E-state index in [1.54, 1.807) is 32.0 Å². The number of fused-ring (bicyclic) bond motifs is 1. The Bertz CT molecular complexity index is 915. The van der Waals surface area contributed by atoms with E-state index in [-0.39, 0.29) is 24.9 Å². The molecule has 0 radical (unpaired) electrons. The molecule has 7 nitrogen and oxygen atoms in total. The van der Waals surface area contributed by atoms with E-state index in [0.29, 0.717) is 17.1 Å². The van der Waals surface area contributed by atoms with E-state index >= 15 is 0 Å². The highest BCUT2D eigenvalue weighted by molar-refractivity contribution is 9.10. The Morgan fingerprint density at radius 3 is 2.43 bits per heavy atom. The number of phenolic OH excluding ortho intramolecular Hbond substituents is 1. The second-order valence-electron chi connectivity index (χ2n) is 6.71. The van der Waals surface area contributed by atoms with E-state index < -0.39 is 12.0 Å². The topological polar surface area (TPSA) is 102 Å². The molecular formula is C21H24Br2N2O5. The van der Waals surface area contributed by atoms with E-state index in [4.69, 9.17) is 20.3 Å². The lowest BCUT2D eigenvalue weighted by molar-refractivity contribution is -0.145. The van der Waals surface area contributed by atoms with E-state index in [1.807, 2.05) is 19.9 Å². The summed E-state index contributed by atoms with van der Waals surface area (Å²) in [6.07, 6.45) is 0. The average Bonchev–Trinajstić information content (AvgIpc) is 2.68. The number of amides is 1. The predicted molar refractivity (Wildman–Crippen MR) is 123 cm³/mol. The summed E-state index contributed by atoms with van der Waals surface area (Å²) in [7, 11) is 0. The van der Waals surface area contributed by atoms with Crippen molar-refractivity contribution in [2.24, 2.45) is 0 Å². The van der Waals surface area contributed by atoms with Gasteiger partial charge < -0.3 is 20.3 Å². The molecule has 0 aliphatic carbocycles. The number of nitrogens with two attached hydrogens (primary N) is 1. The molecule has 1 aliphatic heterocycles. The van der Waals surface area contributed by atoms with Gasteiger partial charge >= 0.3 is 5.97 Å². The number of halogens is 2. The fourth-order valence-corrected chi connectivity index (χ4v) is 3.46. The first-order chi connectivity index (χ1) is 14.1. The third-order valence-corrected chi connectivity index (χ3v) is 6.15. The predicted octanol–water partition coefficient (Wildman–Crippen LogP) is 4.48. The Morgan fingerprint density at radius 2 is 1.83 bits per heavy atom. The highest BCUT2D eigenvalue weighted by Crippen LogP contribution is 2.37. The number of carbonyl (C=O) groups excluding carboxylic acids is 2. The number of carbonyl (C=O) groups is 2. The first-order valence-electron chi connectivity index (χ1n) is 9.23. The normalized spacial score (nSPS) is 13.5. The maximum Gasteiger partial charge on any atom is 0.328 e. The standard InChI is InChI=1S/C14H16BrNO4.C7H8BrNO/c1-4-19-14(18)9(3)16-11-6-10(15)8(2)5-12(11)20-7-13(16)17;1-4-2-7(10)6(9)3-5(4)8/h5-6,9H,4,7H2,1-3H3;2-3,10H,9H2,1H3. The summed E-state index contributed by atoms with van der Waals surface area (Å²) in [6.45, 7) is 7.43. The van der Waals surface area contributed by atoms with E-state index in [0.717, 1.165) is 20.1 Å². The van der Waals surface area contributed by atoms with Crippen LogP contribution in [0.3, 0.4) is 0 Å². The second-order valence-corrected chi connectivity index (χ2v) is 8.42. The number of aromatic hydroxyl groups is 1.